The lowest BCUT2D eigenvalue weighted by Crippen LogP contribution is -2.46. The number of benzene rings is 1. The van der Waals surface area contributed by atoms with Gasteiger partial charge in [0, 0.05) is 11.1 Å². The lowest BCUT2D eigenvalue weighted by molar-refractivity contribution is -0.125. The quantitative estimate of drug-likeness (QED) is 0.806. The molecule has 1 amide bonds. The molecule has 2 aliphatic carbocycles. The number of aryl methyl sites for hydroxylation is 1. The van der Waals surface area contributed by atoms with E-state index in [9.17, 15) is 14.9 Å². The molecule has 0 unspecified atom stereocenters. The molecule has 2 aliphatic rings. The maximum absolute atomic E-state index is 13.0. The summed E-state index contributed by atoms with van der Waals surface area (Å²) in [6.07, 6.45) is 5.79. The highest BCUT2D eigenvalue weighted by molar-refractivity contribution is 6.05. The van der Waals surface area contributed by atoms with Crippen LogP contribution < -0.4 is 5.32 Å². The summed E-state index contributed by atoms with van der Waals surface area (Å²) in [5.74, 6) is -0.456. The molecule has 1 heterocycles. The Kier molecular flexibility index (Phi) is 5.23. The molecular weight excluding hydrogens is 366 g/mol. The zero-order chi connectivity index (χ0) is 20.4. The van der Waals surface area contributed by atoms with Gasteiger partial charge in [0.2, 0.25) is 0 Å². The number of nitrogens with zero attached hydrogens (tertiary/aromatic N) is 2. The van der Waals surface area contributed by atoms with Crippen molar-refractivity contribution in [2.75, 3.05) is 6.61 Å². The average molecular weight is 391 g/mol. The highest BCUT2D eigenvalue weighted by atomic mass is 16.5. The number of nitrogens with one attached hydrogen (secondary N) is 1. The fourth-order valence-electron chi connectivity index (χ4n) is 4.55. The normalized spacial score (nSPS) is 19.9. The van der Waals surface area contributed by atoms with Crippen LogP contribution in [0, 0.1) is 17.2 Å². The fraction of sp³-hybridized carbons (Fsp3) is 0.478. The predicted molar refractivity (Wildman–Crippen MR) is 108 cm³/mol. The number of amides is 1. The molecule has 0 radical (unpaired) electrons. The molecule has 150 valence electrons. The van der Waals surface area contributed by atoms with E-state index in [0.717, 1.165) is 54.3 Å². The molecule has 1 fully saturated rings. The Morgan fingerprint density at radius 2 is 2.07 bits per heavy atom. The number of para-hydroxylation sites is 1. The van der Waals surface area contributed by atoms with Gasteiger partial charge < -0.3 is 10.1 Å². The van der Waals surface area contributed by atoms with Crippen molar-refractivity contribution in [3.8, 4) is 6.07 Å². The second-order valence-corrected chi connectivity index (χ2v) is 8.30. The summed E-state index contributed by atoms with van der Waals surface area (Å²) in [6.45, 7) is 1.78. The zero-order valence-corrected chi connectivity index (χ0v) is 16.7. The minimum atomic E-state index is -0.818. The summed E-state index contributed by atoms with van der Waals surface area (Å²) in [6, 6.07) is 9.77. The topological polar surface area (TPSA) is 92.1 Å². The van der Waals surface area contributed by atoms with Crippen molar-refractivity contribution >= 4 is 22.8 Å². The van der Waals surface area contributed by atoms with Crippen molar-refractivity contribution in [1.29, 1.82) is 5.26 Å². The Morgan fingerprint density at radius 3 is 2.83 bits per heavy atom. The standard InChI is InChI=1S/C23H25N3O3/c1-15-8-9-19-17(12-15)21(16-6-2-3-7-18(16)25-19)22(28)29-13-20(27)26-23(14-24)10-4-5-11-23/h2-3,6-7,15H,4-5,8-13H2,1H3,(H,26,27)/t15-/m1/s1. The van der Waals surface area contributed by atoms with Crippen LogP contribution in [0.2, 0.25) is 0 Å². The molecule has 1 N–H and O–H groups in total. The van der Waals surface area contributed by atoms with Gasteiger partial charge in [-0.3, -0.25) is 9.78 Å². The van der Waals surface area contributed by atoms with Gasteiger partial charge in [-0.2, -0.15) is 5.26 Å². The number of rotatable bonds is 4. The molecule has 0 spiro atoms. The molecule has 0 bridgehead atoms. The van der Waals surface area contributed by atoms with E-state index < -0.39 is 17.4 Å². The van der Waals surface area contributed by atoms with Crippen LogP contribution in [0.3, 0.4) is 0 Å². The molecule has 4 rings (SSSR count). The monoisotopic (exact) mass is 391 g/mol. The molecule has 1 saturated carbocycles. The molecule has 6 nitrogen and oxygen atoms in total. The van der Waals surface area contributed by atoms with E-state index in [1.54, 1.807) is 0 Å². The van der Waals surface area contributed by atoms with E-state index in [4.69, 9.17) is 9.72 Å². The first-order valence-corrected chi connectivity index (χ1v) is 10.3. The van der Waals surface area contributed by atoms with Crippen molar-refractivity contribution in [3.63, 3.8) is 0 Å². The number of esters is 1. The molecule has 2 aromatic rings. The largest absolute Gasteiger partial charge is 0.452 e. The summed E-state index contributed by atoms with van der Waals surface area (Å²) in [5, 5.41) is 12.9. The van der Waals surface area contributed by atoms with E-state index in [1.807, 2.05) is 24.3 Å². The lowest BCUT2D eigenvalue weighted by Gasteiger charge is -2.24. The minimum absolute atomic E-state index is 0.386. The number of hydrogen-bond acceptors (Lipinski definition) is 5. The number of aromatic nitrogens is 1. The van der Waals surface area contributed by atoms with E-state index in [1.165, 1.54) is 0 Å². The zero-order valence-electron chi connectivity index (χ0n) is 16.7. The number of carbonyl (C=O) groups is 2. The van der Waals surface area contributed by atoms with E-state index in [-0.39, 0.29) is 6.61 Å². The Hall–Kier alpha value is -2.94. The third-order valence-corrected chi connectivity index (χ3v) is 6.09. The Morgan fingerprint density at radius 1 is 1.31 bits per heavy atom. The van der Waals surface area contributed by atoms with Gasteiger partial charge in [0.15, 0.2) is 6.61 Å². The molecule has 1 atom stereocenters. The smallest absolute Gasteiger partial charge is 0.339 e. The molecule has 6 heteroatoms. The molecule has 0 aliphatic heterocycles. The van der Waals surface area contributed by atoms with Gasteiger partial charge in [-0.05, 0) is 62.5 Å². The Labute approximate surface area is 170 Å². The number of carbonyl (C=O) groups excluding carboxylic acids is 2. The number of hydrogen-bond donors (Lipinski definition) is 1. The molecule has 0 saturated heterocycles. The van der Waals surface area contributed by atoms with Crippen molar-refractivity contribution in [1.82, 2.24) is 10.3 Å². The van der Waals surface area contributed by atoms with Crippen LogP contribution in [0.5, 0.6) is 0 Å². The number of ether oxygens (including phenoxy) is 1. The molecular formula is C23H25N3O3. The fourth-order valence-corrected chi connectivity index (χ4v) is 4.55. The van der Waals surface area contributed by atoms with Crippen molar-refractivity contribution in [3.05, 3.63) is 41.1 Å². The lowest BCUT2D eigenvalue weighted by atomic mass is 9.84. The summed E-state index contributed by atoms with van der Waals surface area (Å²) in [5.41, 5.74) is 2.37. The van der Waals surface area contributed by atoms with Crippen molar-refractivity contribution < 1.29 is 14.3 Å². The molecule has 1 aromatic heterocycles. The van der Waals surface area contributed by atoms with E-state index in [0.29, 0.717) is 24.3 Å². The van der Waals surface area contributed by atoms with Crippen molar-refractivity contribution in [2.45, 2.75) is 57.4 Å². The number of fused-ring (bicyclic) bond motifs is 2. The van der Waals surface area contributed by atoms with Gasteiger partial charge in [0.05, 0.1) is 17.1 Å². The third-order valence-electron chi connectivity index (χ3n) is 6.09. The van der Waals surface area contributed by atoms with E-state index >= 15 is 0 Å². The van der Waals surface area contributed by atoms with Crippen LogP contribution in [-0.2, 0) is 22.4 Å². The predicted octanol–water partition coefficient (Wildman–Crippen LogP) is 3.47. The molecule has 1 aromatic carbocycles. The van der Waals surface area contributed by atoms with Gasteiger partial charge in [0.1, 0.15) is 5.54 Å². The van der Waals surface area contributed by atoms with Gasteiger partial charge in [0.25, 0.3) is 5.91 Å². The van der Waals surface area contributed by atoms with Crippen LogP contribution in [-0.4, -0.2) is 29.0 Å². The van der Waals surface area contributed by atoms with Crippen LogP contribution in [0.1, 0.15) is 60.6 Å². The maximum Gasteiger partial charge on any atom is 0.339 e. The Bertz CT molecular complexity index is 1000. The van der Waals surface area contributed by atoms with Gasteiger partial charge in [-0.25, -0.2) is 4.79 Å². The number of pyridine rings is 1. The second kappa shape index (κ2) is 7.82. The summed E-state index contributed by atoms with van der Waals surface area (Å²) >= 11 is 0. The van der Waals surface area contributed by atoms with E-state index in [2.05, 4.69) is 18.3 Å². The summed E-state index contributed by atoms with van der Waals surface area (Å²) < 4.78 is 5.41. The van der Waals surface area contributed by atoms with Crippen LogP contribution >= 0.6 is 0 Å². The summed E-state index contributed by atoms with van der Waals surface area (Å²) in [4.78, 5) is 30.1. The first-order chi connectivity index (χ1) is 14.0. The van der Waals surface area contributed by atoms with Gasteiger partial charge in [-0.1, -0.05) is 25.1 Å². The van der Waals surface area contributed by atoms with Crippen LogP contribution in [0.4, 0.5) is 0 Å². The third kappa shape index (κ3) is 3.82. The molecule has 29 heavy (non-hydrogen) atoms. The summed E-state index contributed by atoms with van der Waals surface area (Å²) in [7, 11) is 0. The van der Waals surface area contributed by atoms with Crippen LogP contribution in [0.15, 0.2) is 24.3 Å². The second-order valence-electron chi connectivity index (χ2n) is 8.30. The minimum Gasteiger partial charge on any atom is -0.452 e. The highest BCUT2D eigenvalue weighted by Gasteiger charge is 2.35. The first kappa shape index (κ1) is 19.4. The van der Waals surface area contributed by atoms with Crippen LogP contribution in [0.25, 0.3) is 10.9 Å². The van der Waals surface area contributed by atoms with Crippen molar-refractivity contribution in [2.24, 2.45) is 5.92 Å². The van der Waals surface area contributed by atoms with Gasteiger partial charge >= 0.3 is 5.97 Å². The average Bonchev–Trinajstić information content (AvgIpc) is 3.19. The Balaban J connectivity index is 1.56. The highest BCUT2D eigenvalue weighted by Crippen LogP contribution is 2.32. The SMILES string of the molecule is C[C@@H]1CCc2nc3ccccc3c(C(=O)OCC(=O)NC3(C#N)CCCC3)c2C1. The number of nitriles is 1. The first-order valence-electron chi connectivity index (χ1n) is 10.3. The van der Waals surface area contributed by atoms with Gasteiger partial charge in [-0.15, -0.1) is 0 Å². The maximum atomic E-state index is 13.0.